The second-order valence-corrected chi connectivity index (χ2v) is 9.36. The van der Waals surface area contributed by atoms with Crippen molar-refractivity contribution in [1.29, 1.82) is 0 Å². The Kier molecular flexibility index (Phi) is 7.24. The van der Waals surface area contributed by atoms with Crippen molar-refractivity contribution in [3.05, 3.63) is 71.3 Å². The number of benzene rings is 2. The number of nitrogens with zero attached hydrogens (tertiary/aromatic N) is 1. The molecule has 2 amide bonds. The molecule has 184 valence electrons. The van der Waals surface area contributed by atoms with Gasteiger partial charge in [0.1, 0.15) is 12.1 Å². The van der Waals surface area contributed by atoms with Gasteiger partial charge in [-0.2, -0.15) is 0 Å². The van der Waals surface area contributed by atoms with Crippen molar-refractivity contribution in [2.24, 2.45) is 0 Å². The van der Waals surface area contributed by atoms with E-state index >= 15 is 0 Å². The minimum absolute atomic E-state index is 0.0247. The molecule has 0 unspecified atom stereocenters. The number of hydrogen-bond donors (Lipinski definition) is 2. The van der Waals surface area contributed by atoms with Crippen LogP contribution in [0.3, 0.4) is 0 Å². The second kappa shape index (κ2) is 10.3. The molecule has 2 aliphatic rings. The molecule has 35 heavy (non-hydrogen) atoms. The summed E-state index contributed by atoms with van der Waals surface area (Å²) in [4.78, 5) is 38.6. The lowest BCUT2D eigenvalue weighted by molar-refractivity contribution is -0.158. The smallest absolute Gasteiger partial charge is 0.407 e. The van der Waals surface area contributed by atoms with Gasteiger partial charge in [-0.3, -0.25) is 4.79 Å². The number of nitrogens with one attached hydrogen (secondary N) is 1. The highest BCUT2D eigenvalue weighted by Crippen LogP contribution is 2.44. The Labute approximate surface area is 205 Å². The van der Waals surface area contributed by atoms with E-state index in [1.807, 2.05) is 24.3 Å². The zero-order chi connectivity index (χ0) is 25.0. The third-order valence-electron chi connectivity index (χ3n) is 7.36. The maximum absolute atomic E-state index is 12.9. The van der Waals surface area contributed by atoms with E-state index in [4.69, 9.17) is 4.74 Å². The highest BCUT2D eigenvalue weighted by Gasteiger charge is 2.45. The van der Waals surface area contributed by atoms with Gasteiger partial charge in [0, 0.05) is 25.1 Å². The fourth-order valence-electron chi connectivity index (χ4n) is 5.31. The van der Waals surface area contributed by atoms with E-state index in [0.717, 1.165) is 41.5 Å². The molecular formula is C28H32N2O5. The van der Waals surface area contributed by atoms with Gasteiger partial charge >= 0.3 is 12.1 Å². The summed E-state index contributed by atoms with van der Waals surface area (Å²) in [6.45, 7) is 1.96. The van der Waals surface area contributed by atoms with E-state index in [2.05, 4.69) is 29.6 Å². The summed E-state index contributed by atoms with van der Waals surface area (Å²) in [5.74, 6) is -1.33. The zero-order valence-corrected chi connectivity index (χ0v) is 20.3. The molecule has 4 rings (SSSR count). The first kappa shape index (κ1) is 24.5. The monoisotopic (exact) mass is 476 g/mol. The van der Waals surface area contributed by atoms with Crippen molar-refractivity contribution >= 4 is 18.0 Å². The standard InChI is InChI=1S/C28H32N2O5/c1-19(25(31)30(2)28(26(32)33)15-8-3-9-16-28)14-17-29-27(34)35-18-24-22-12-6-4-10-20(22)21-11-5-7-13-23(21)24/h4-7,10-14,24H,3,8-9,15-18H2,1-2H3,(H,29,34)(H,32,33)/b19-14+. The topological polar surface area (TPSA) is 95.9 Å². The molecule has 2 aromatic rings. The number of carboxylic acid groups (broad SMARTS) is 1. The minimum atomic E-state index is -1.16. The number of carbonyl (C=O) groups is 3. The van der Waals surface area contributed by atoms with E-state index in [1.54, 1.807) is 20.0 Å². The summed E-state index contributed by atoms with van der Waals surface area (Å²) in [5, 5.41) is 12.5. The van der Waals surface area contributed by atoms with Gasteiger partial charge in [-0.05, 0) is 42.0 Å². The highest BCUT2D eigenvalue weighted by atomic mass is 16.5. The summed E-state index contributed by atoms with van der Waals surface area (Å²) < 4.78 is 5.52. The Balaban J connectivity index is 1.32. The number of aliphatic carboxylic acids is 1. The van der Waals surface area contributed by atoms with Gasteiger partial charge in [-0.15, -0.1) is 0 Å². The van der Waals surface area contributed by atoms with E-state index in [-0.39, 0.29) is 25.0 Å². The molecule has 7 nitrogen and oxygen atoms in total. The fourth-order valence-corrected chi connectivity index (χ4v) is 5.31. The number of alkyl carbamates (subject to hydrolysis) is 1. The van der Waals surface area contributed by atoms with Gasteiger partial charge in [0.2, 0.25) is 5.91 Å². The van der Waals surface area contributed by atoms with Crippen LogP contribution < -0.4 is 5.32 Å². The van der Waals surface area contributed by atoms with Crippen LogP contribution >= 0.6 is 0 Å². The average molecular weight is 477 g/mol. The first-order chi connectivity index (χ1) is 16.8. The zero-order valence-electron chi connectivity index (χ0n) is 20.3. The van der Waals surface area contributed by atoms with Crippen LogP contribution in [0.1, 0.15) is 56.1 Å². The van der Waals surface area contributed by atoms with Crippen molar-refractivity contribution in [1.82, 2.24) is 10.2 Å². The average Bonchev–Trinajstić information content (AvgIpc) is 3.20. The molecule has 0 aliphatic heterocycles. The molecule has 0 aromatic heterocycles. The van der Waals surface area contributed by atoms with Crippen LogP contribution in [0.15, 0.2) is 60.2 Å². The third-order valence-corrected chi connectivity index (χ3v) is 7.36. The SMILES string of the molecule is C/C(=C\CNC(=O)OCC1c2ccccc2-c2ccccc21)C(=O)N(C)C1(C(=O)O)CCCCC1. The predicted octanol–water partition coefficient (Wildman–Crippen LogP) is 4.72. The lowest BCUT2D eigenvalue weighted by Gasteiger charge is -2.41. The minimum Gasteiger partial charge on any atom is -0.479 e. The van der Waals surface area contributed by atoms with Gasteiger partial charge in [0.15, 0.2) is 0 Å². The van der Waals surface area contributed by atoms with Crippen molar-refractivity contribution in [2.75, 3.05) is 20.2 Å². The number of carboxylic acids is 1. The number of rotatable bonds is 7. The Morgan fingerprint density at radius 2 is 1.60 bits per heavy atom. The Morgan fingerprint density at radius 3 is 2.17 bits per heavy atom. The maximum atomic E-state index is 12.9. The normalized spacial score (nSPS) is 16.7. The van der Waals surface area contributed by atoms with E-state index in [0.29, 0.717) is 18.4 Å². The maximum Gasteiger partial charge on any atom is 0.407 e. The van der Waals surface area contributed by atoms with Crippen LogP contribution in [0.4, 0.5) is 4.79 Å². The van der Waals surface area contributed by atoms with Crippen molar-refractivity contribution < 1.29 is 24.2 Å². The molecule has 1 saturated carbocycles. The van der Waals surface area contributed by atoms with Gasteiger partial charge < -0.3 is 20.1 Å². The number of hydrogen-bond acceptors (Lipinski definition) is 4. The Morgan fingerprint density at radius 1 is 1.03 bits per heavy atom. The summed E-state index contributed by atoms with van der Waals surface area (Å²) in [6, 6.07) is 16.3. The molecule has 0 saturated heterocycles. The van der Waals surface area contributed by atoms with E-state index in [1.165, 1.54) is 4.90 Å². The van der Waals surface area contributed by atoms with Crippen LogP contribution in [0.5, 0.6) is 0 Å². The number of carbonyl (C=O) groups excluding carboxylic acids is 2. The molecule has 0 bridgehead atoms. The Bertz CT molecular complexity index is 1100. The van der Waals surface area contributed by atoms with Crippen LogP contribution in [0, 0.1) is 0 Å². The number of ether oxygens (including phenoxy) is 1. The summed E-state index contributed by atoms with van der Waals surface area (Å²) >= 11 is 0. The van der Waals surface area contributed by atoms with Crippen LogP contribution in [-0.2, 0) is 14.3 Å². The number of likely N-dealkylation sites (N-methyl/N-ethyl adjacent to an activating group) is 1. The molecule has 2 aliphatic carbocycles. The number of fused-ring (bicyclic) bond motifs is 3. The summed E-state index contributed by atoms with van der Waals surface area (Å²) in [7, 11) is 1.55. The first-order valence-corrected chi connectivity index (χ1v) is 12.1. The molecule has 0 spiro atoms. The van der Waals surface area contributed by atoms with Crippen LogP contribution in [0.2, 0.25) is 0 Å². The molecule has 0 heterocycles. The van der Waals surface area contributed by atoms with E-state index in [9.17, 15) is 19.5 Å². The van der Waals surface area contributed by atoms with E-state index < -0.39 is 17.6 Å². The molecule has 2 N–H and O–H groups in total. The van der Waals surface area contributed by atoms with Gasteiger partial charge in [-0.25, -0.2) is 9.59 Å². The predicted molar refractivity (Wildman–Crippen MR) is 133 cm³/mol. The van der Waals surface area contributed by atoms with Crippen molar-refractivity contribution in [3.8, 4) is 11.1 Å². The summed E-state index contributed by atoms with van der Waals surface area (Å²) in [5.41, 5.74) is 3.83. The largest absolute Gasteiger partial charge is 0.479 e. The van der Waals surface area contributed by atoms with Gasteiger partial charge in [-0.1, -0.05) is 73.9 Å². The lowest BCUT2D eigenvalue weighted by atomic mass is 9.80. The Hall–Kier alpha value is -3.61. The molecule has 2 aromatic carbocycles. The molecule has 0 radical (unpaired) electrons. The number of amides is 2. The second-order valence-electron chi connectivity index (χ2n) is 9.36. The third kappa shape index (κ3) is 4.81. The van der Waals surface area contributed by atoms with Gasteiger partial charge in [0.25, 0.3) is 0 Å². The lowest BCUT2D eigenvalue weighted by Crippen LogP contribution is -2.56. The van der Waals surface area contributed by atoms with Crippen LogP contribution in [-0.4, -0.2) is 53.7 Å². The first-order valence-electron chi connectivity index (χ1n) is 12.1. The molecule has 1 fully saturated rings. The quantitative estimate of drug-likeness (QED) is 0.564. The molecule has 7 heteroatoms. The van der Waals surface area contributed by atoms with Crippen molar-refractivity contribution in [3.63, 3.8) is 0 Å². The van der Waals surface area contributed by atoms with Gasteiger partial charge in [0.05, 0.1) is 0 Å². The van der Waals surface area contributed by atoms with Crippen LogP contribution in [0.25, 0.3) is 11.1 Å². The summed E-state index contributed by atoms with van der Waals surface area (Å²) in [6.07, 6.45) is 4.50. The highest BCUT2D eigenvalue weighted by molar-refractivity contribution is 5.96. The molecular weight excluding hydrogens is 444 g/mol. The molecule has 0 atom stereocenters. The van der Waals surface area contributed by atoms with Crippen molar-refractivity contribution in [2.45, 2.75) is 50.5 Å². The fraction of sp³-hybridized carbons (Fsp3) is 0.393.